The second kappa shape index (κ2) is 12.9. The van der Waals surface area contributed by atoms with E-state index in [0.717, 1.165) is 22.4 Å². The molecule has 0 aliphatic heterocycles. The van der Waals surface area contributed by atoms with Gasteiger partial charge in [-0.2, -0.15) is 0 Å². The Labute approximate surface area is 233 Å². The second-order valence-electron chi connectivity index (χ2n) is 7.54. The average molecular weight is 641 g/mol. The summed E-state index contributed by atoms with van der Waals surface area (Å²) in [4.78, 5) is 8.58. The van der Waals surface area contributed by atoms with Crippen LogP contribution in [0, 0.1) is 25.9 Å². The molecule has 3 aromatic carbocycles. The Balaban J connectivity index is 0.000000247. The Hall–Kier alpha value is -3.39. The van der Waals surface area contributed by atoms with Gasteiger partial charge in [-0.1, -0.05) is 54.9 Å². The largest absolute Gasteiger partial charge is 0.304 e. The predicted molar refractivity (Wildman–Crippen MR) is 141 cm³/mol. The van der Waals surface area contributed by atoms with Crippen LogP contribution in [0.2, 0.25) is 0 Å². The zero-order valence-electron chi connectivity index (χ0n) is 27.0. The second-order valence-corrected chi connectivity index (χ2v) is 7.54. The topological polar surface area (TPSA) is 25.8 Å². The maximum Gasteiger partial charge on any atom is 0.0313 e. The fourth-order valence-electron chi connectivity index (χ4n) is 3.36. The quantitative estimate of drug-likeness (QED) is 0.187. The van der Waals surface area contributed by atoms with Crippen molar-refractivity contribution >= 4 is 0 Å². The minimum Gasteiger partial charge on any atom is -0.304 e. The first-order valence-corrected chi connectivity index (χ1v) is 10.8. The van der Waals surface area contributed by atoms with Crippen molar-refractivity contribution in [2.45, 2.75) is 27.0 Å². The summed E-state index contributed by atoms with van der Waals surface area (Å²) in [7, 11) is 0. The number of hydrogen-bond donors (Lipinski definition) is 0. The molecule has 0 spiro atoms. The van der Waals surface area contributed by atoms with Gasteiger partial charge in [-0.05, 0) is 48.2 Å². The number of benzene rings is 3. The van der Waals surface area contributed by atoms with Crippen molar-refractivity contribution in [1.29, 1.82) is 0 Å². The van der Waals surface area contributed by atoms with E-state index in [-0.39, 0.29) is 25.7 Å². The monoisotopic (exact) mass is 641 g/mol. The molecule has 0 atom stereocenters. The third kappa shape index (κ3) is 6.82. The van der Waals surface area contributed by atoms with Crippen molar-refractivity contribution < 1.29 is 31.1 Å². The molecule has 0 fully saturated rings. The summed E-state index contributed by atoms with van der Waals surface area (Å²) < 4.78 is 61.5. The number of aromatic nitrogens is 2. The molecule has 1 radical (unpaired) electrons. The number of pyridine rings is 2. The van der Waals surface area contributed by atoms with Gasteiger partial charge >= 0.3 is 0 Å². The molecule has 0 aliphatic rings. The SMILES string of the molecule is [2H]C([2H])([2H])C([2H])([2H])c1cc(-c2[c-]cccc2)ncc1-c1ccccc1.[2H]C([2H])([2H])c1cnc(-c2[c-]cccc2)cc1C.[Ir]. The van der Waals surface area contributed by atoms with E-state index in [4.69, 9.17) is 11.0 Å². The molecule has 0 unspecified atom stereocenters. The van der Waals surface area contributed by atoms with E-state index in [1.165, 1.54) is 18.5 Å². The van der Waals surface area contributed by atoms with Gasteiger partial charge in [0.05, 0.1) is 0 Å². The van der Waals surface area contributed by atoms with Crippen LogP contribution in [0.4, 0.5) is 0 Å². The van der Waals surface area contributed by atoms with E-state index in [1.807, 2.05) is 66.7 Å². The molecule has 177 valence electrons. The number of hydrogen-bond acceptors (Lipinski definition) is 2. The van der Waals surface area contributed by atoms with E-state index in [1.54, 1.807) is 25.1 Å². The van der Waals surface area contributed by atoms with Gasteiger partial charge in [-0.25, -0.2) is 0 Å². The van der Waals surface area contributed by atoms with Crippen LogP contribution in [0.1, 0.15) is 34.5 Å². The van der Waals surface area contributed by atoms with Crippen molar-refractivity contribution in [2.24, 2.45) is 0 Å². The summed E-state index contributed by atoms with van der Waals surface area (Å²) in [5.74, 6) is 0. The molecule has 2 nitrogen and oxygen atoms in total. The van der Waals surface area contributed by atoms with E-state index >= 15 is 0 Å². The van der Waals surface area contributed by atoms with Crippen LogP contribution < -0.4 is 0 Å². The van der Waals surface area contributed by atoms with Crippen LogP contribution in [-0.2, 0) is 26.5 Å². The molecule has 0 amide bonds. The maximum absolute atomic E-state index is 8.23. The third-order valence-electron chi connectivity index (χ3n) is 5.20. The number of rotatable bonds is 4. The van der Waals surface area contributed by atoms with Gasteiger partial charge in [0.25, 0.3) is 0 Å². The molecule has 0 saturated carbocycles. The molecule has 5 rings (SSSR count). The van der Waals surface area contributed by atoms with Crippen molar-refractivity contribution in [1.82, 2.24) is 9.97 Å². The molecule has 2 aromatic heterocycles. The van der Waals surface area contributed by atoms with Crippen LogP contribution in [0.25, 0.3) is 33.6 Å². The van der Waals surface area contributed by atoms with Crippen LogP contribution >= 0.6 is 0 Å². The smallest absolute Gasteiger partial charge is 0.0313 e. The molecule has 0 aliphatic carbocycles. The van der Waals surface area contributed by atoms with Gasteiger partial charge in [0, 0.05) is 49.0 Å². The predicted octanol–water partition coefficient (Wildman–Crippen LogP) is 7.94. The molecule has 2 heterocycles. The summed E-state index contributed by atoms with van der Waals surface area (Å²) in [5, 5.41) is 0. The molecule has 3 heteroatoms. The molecule has 0 saturated heterocycles. The summed E-state index contributed by atoms with van der Waals surface area (Å²) >= 11 is 0. The van der Waals surface area contributed by atoms with Crippen molar-refractivity contribution in [2.75, 3.05) is 0 Å². The third-order valence-corrected chi connectivity index (χ3v) is 5.20. The fourth-order valence-corrected chi connectivity index (χ4v) is 3.36. The summed E-state index contributed by atoms with van der Waals surface area (Å²) in [5.41, 5.74) is 5.12. The van der Waals surface area contributed by atoms with Gasteiger partial charge in [0.15, 0.2) is 0 Å². The normalized spacial score (nSPS) is 14.5. The molecule has 0 N–H and O–H groups in total. The molecule has 35 heavy (non-hydrogen) atoms. The van der Waals surface area contributed by atoms with Gasteiger partial charge in [0.2, 0.25) is 0 Å². The summed E-state index contributed by atoms with van der Waals surface area (Å²) in [6.07, 6.45) is 0.452. The van der Waals surface area contributed by atoms with Crippen molar-refractivity contribution in [3.8, 4) is 33.6 Å². The average Bonchev–Trinajstić information content (AvgIpc) is 2.97. The van der Waals surface area contributed by atoms with E-state index in [2.05, 4.69) is 22.1 Å². The summed E-state index contributed by atoms with van der Waals surface area (Å²) in [6, 6.07) is 33.2. The minimum atomic E-state index is -2.80. The standard InChI is InChI=1S/C19H16N.C13H12N.Ir/c1-2-15-13-19(17-11-7-4-8-12-17)20-14-18(15)16-9-5-3-6-10-16;1-10-8-13(14-9-11(10)2)12-6-4-3-5-7-12;/h3-11,13-14H,2H2,1H3;3-6,8-9H,1-2H3;/q2*-1;/i1D3,2D2;2D3;. The van der Waals surface area contributed by atoms with Crippen LogP contribution in [0.5, 0.6) is 0 Å². The molecule has 5 aromatic rings. The Morgan fingerprint density at radius 1 is 0.771 bits per heavy atom. The minimum absolute atomic E-state index is 0. The van der Waals surface area contributed by atoms with Crippen LogP contribution in [-0.4, -0.2) is 9.97 Å². The molecular formula is C32H28IrN2-2. The Morgan fingerprint density at radius 2 is 1.40 bits per heavy atom. The van der Waals surface area contributed by atoms with Crippen molar-refractivity contribution in [3.63, 3.8) is 0 Å². The zero-order chi connectivity index (χ0) is 30.5. The zero-order valence-corrected chi connectivity index (χ0v) is 21.4. The molecular weight excluding hydrogens is 605 g/mol. The van der Waals surface area contributed by atoms with Gasteiger partial charge in [0.1, 0.15) is 0 Å². The van der Waals surface area contributed by atoms with E-state index < -0.39 is 20.1 Å². The maximum atomic E-state index is 8.23. The first-order chi connectivity index (χ1) is 19.8. The van der Waals surface area contributed by atoms with Gasteiger partial charge in [-0.3, -0.25) is 0 Å². The Morgan fingerprint density at radius 3 is 1.97 bits per heavy atom. The van der Waals surface area contributed by atoms with Crippen LogP contribution in [0.15, 0.2) is 103 Å². The number of nitrogens with zero attached hydrogens (tertiary/aromatic N) is 2. The van der Waals surface area contributed by atoms with Crippen molar-refractivity contribution in [3.05, 3.63) is 132 Å². The Kier molecular flexibility index (Phi) is 6.30. The molecule has 0 bridgehead atoms. The first kappa shape index (κ1) is 17.1. The Bertz CT molecular complexity index is 1620. The van der Waals surface area contributed by atoms with E-state index in [0.29, 0.717) is 22.4 Å². The first-order valence-electron chi connectivity index (χ1n) is 14.8. The van der Waals surface area contributed by atoms with Crippen LogP contribution in [0.3, 0.4) is 0 Å². The number of aryl methyl sites for hydroxylation is 3. The van der Waals surface area contributed by atoms with Gasteiger partial charge in [-0.15, -0.1) is 71.8 Å². The van der Waals surface area contributed by atoms with E-state index in [9.17, 15) is 0 Å². The van der Waals surface area contributed by atoms with Gasteiger partial charge < -0.3 is 9.97 Å². The fraction of sp³-hybridized carbons (Fsp3) is 0.125. The summed E-state index contributed by atoms with van der Waals surface area (Å²) in [6.45, 7) is -3.11.